The van der Waals surface area contributed by atoms with Crippen LogP contribution in [0.5, 0.6) is 0 Å². The van der Waals surface area contributed by atoms with E-state index in [0.717, 1.165) is 32.1 Å². The Balaban J connectivity index is 4.01. The molecular formula is C28H56O2. The van der Waals surface area contributed by atoms with Gasteiger partial charge in [-0.2, -0.15) is 0 Å². The van der Waals surface area contributed by atoms with E-state index in [9.17, 15) is 9.90 Å². The number of hydrogen-bond donors (Lipinski definition) is 1. The summed E-state index contributed by atoms with van der Waals surface area (Å²) in [5, 5.41) is 10.1. The highest BCUT2D eigenvalue weighted by atomic mass is 16.4. The van der Waals surface area contributed by atoms with E-state index >= 15 is 0 Å². The lowest BCUT2D eigenvalue weighted by Crippen LogP contribution is -2.38. The molecule has 2 unspecified atom stereocenters. The first kappa shape index (κ1) is 29.5. The van der Waals surface area contributed by atoms with Crippen LogP contribution in [0.15, 0.2) is 0 Å². The van der Waals surface area contributed by atoms with Gasteiger partial charge in [0, 0.05) is 0 Å². The van der Waals surface area contributed by atoms with Crippen LogP contribution in [0, 0.1) is 11.3 Å². The summed E-state index contributed by atoms with van der Waals surface area (Å²) in [6.45, 7) is 8.80. The minimum absolute atomic E-state index is 0.342. The second-order valence-electron chi connectivity index (χ2n) is 9.76. The Morgan fingerprint density at radius 2 is 1.03 bits per heavy atom. The van der Waals surface area contributed by atoms with Gasteiger partial charge in [-0.1, -0.05) is 143 Å². The molecule has 2 heteroatoms. The van der Waals surface area contributed by atoms with E-state index in [2.05, 4.69) is 27.7 Å². The van der Waals surface area contributed by atoms with Crippen LogP contribution in [-0.4, -0.2) is 11.1 Å². The molecule has 0 aliphatic heterocycles. The van der Waals surface area contributed by atoms with Gasteiger partial charge in [0.1, 0.15) is 0 Å². The third-order valence-corrected chi connectivity index (χ3v) is 7.46. The Hall–Kier alpha value is -0.530. The smallest absolute Gasteiger partial charge is 0.309 e. The zero-order valence-electron chi connectivity index (χ0n) is 21.3. The second kappa shape index (κ2) is 20.4. The van der Waals surface area contributed by atoms with Crippen molar-refractivity contribution < 1.29 is 9.90 Å². The summed E-state index contributed by atoms with van der Waals surface area (Å²) in [6.07, 6.45) is 26.3. The third kappa shape index (κ3) is 13.0. The van der Waals surface area contributed by atoms with Crippen LogP contribution in [-0.2, 0) is 4.79 Å². The number of carboxylic acid groups (broad SMARTS) is 1. The zero-order chi connectivity index (χ0) is 22.5. The van der Waals surface area contributed by atoms with Gasteiger partial charge < -0.3 is 5.11 Å². The van der Waals surface area contributed by atoms with Gasteiger partial charge in [-0.05, 0) is 25.2 Å². The summed E-state index contributed by atoms with van der Waals surface area (Å²) in [5.41, 5.74) is -0.486. The lowest BCUT2D eigenvalue weighted by molar-refractivity contribution is -0.154. The second-order valence-corrected chi connectivity index (χ2v) is 9.76. The fraction of sp³-hybridized carbons (Fsp3) is 0.964. The molecule has 0 saturated heterocycles. The molecule has 2 nitrogen and oxygen atoms in total. The highest BCUT2D eigenvalue weighted by Crippen LogP contribution is 2.42. The molecule has 0 aliphatic rings. The predicted octanol–water partition coefficient (Wildman–Crippen LogP) is 9.95. The van der Waals surface area contributed by atoms with Crippen LogP contribution in [0.3, 0.4) is 0 Å². The monoisotopic (exact) mass is 424 g/mol. The van der Waals surface area contributed by atoms with E-state index in [4.69, 9.17) is 0 Å². The molecule has 0 heterocycles. The molecule has 0 spiro atoms. The molecular weight excluding hydrogens is 368 g/mol. The van der Waals surface area contributed by atoms with Crippen LogP contribution in [0.4, 0.5) is 0 Å². The fourth-order valence-corrected chi connectivity index (χ4v) is 5.25. The van der Waals surface area contributed by atoms with Crippen LogP contribution in [0.2, 0.25) is 0 Å². The first-order chi connectivity index (χ1) is 14.6. The van der Waals surface area contributed by atoms with Crippen molar-refractivity contribution >= 4 is 5.97 Å². The standard InChI is InChI=1S/C28H56O2/c1-5-9-11-13-14-15-16-17-18-19-20-21-22-24-26(7-3)28(8-4,27(29)30)25-23-12-10-6-2/h26H,5-25H2,1-4H3,(H,29,30). The Morgan fingerprint density at radius 3 is 1.40 bits per heavy atom. The van der Waals surface area contributed by atoms with E-state index in [1.54, 1.807) is 0 Å². The van der Waals surface area contributed by atoms with Crippen molar-refractivity contribution in [3.05, 3.63) is 0 Å². The van der Waals surface area contributed by atoms with Crippen LogP contribution in [0.25, 0.3) is 0 Å². The molecule has 0 amide bonds. The Kier molecular flexibility index (Phi) is 20.0. The number of rotatable bonds is 23. The molecule has 0 bridgehead atoms. The molecule has 0 rings (SSSR count). The molecule has 0 radical (unpaired) electrons. The SMILES string of the molecule is CCCCCCCCCCCCCCCC(CC)C(CC)(CCCCCC)C(=O)O. The molecule has 0 saturated carbocycles. The third-order valence-electron chi connectivity index (χ3n) is 7.46. The van der Waals surface area contributed by atoms with Crippen molar-refractivity contribution in [2.45, 2.75) is 163 Å². The summed E-state index contributed by atoms with van der Waals surface area (Å²) >= 11 is 0. The van der Waals surface area contributed by atoms with Crippen molar-refractivity contribution in [3.63, 3.8) is 0 Å². The summed E-state index contributed by atoms with van der Waals surface area (Å²) < 4.78 is 0. The molecule has 30 heavy (non-hydrogen) atoms. The van der Waals surface area contributed by atoms with Gasteiger partial charge in [-0.25, -0.2) is 0 Å². The van der Waals surface area contributed by atoms with Gasteiger partial charge in [-0.3, -0.25) is 4.79 Å². The van der Waals surface area contributed by atoms with Gasteiger partial charge in [0.25, 0.3) is 0 Å². The molecule has 1 N–H and O–H groups in total. The van der Waals surface area contributed by atoms with E-state index in [-0.39, 0.29) is 0 Å². The van der Waals surface area contributed by atoms with E-state index in [1.807, 2.05) is 0 Å². The van der Waals surface area contributed by atoms with Gasteiger partial charge in [0.05, 0.1) is 5.41 Å². The average molecular weight is 425 g/mol. The zero-order valence-corrected chi connectivity index (χ0v) is 21.3. The normalized spacial score (nSPS) is 14.5. The molecule has 0 fully saturated rings. The molecule has 0 aromatic heterocycles. The number of carbonyl (C=O) groups is 1. The lowest BCUT2D eigenvalue weighted by Gasteiger charge is -2.36. The first-order valence-electron chi connectivity index (χ1n) is 13.8. The molecule has 0 aliphatic carbocycles. The number of unbranched alkanes of at least 4 members (excludes halogenated alkanes) is 15. The molecule has 0 aromatic rings. The highest BCUT2D eigenvalue weighted by Gasteiger charge is 2.42. The van der Waals surface area contributed by atoms with Crippen molar-refractivity contribution in [1.29, 1.82) is 0 Å². The highest BCUT2D eigenvalue weighted by molar-refractivity contribution is 5.75. The topological polar surface area (TPSA) is 37.3 Å². The average Bonchev–Trinajstić information content (AvgIpc) is 2.75. The molecule has 2 atom stereocenters. The van der Waals surface area contributed by atoms with Crippen molar-refractivity contribution in [1.82, 2.24) is 0 Å². The summed E-state index contributed by atoms with van der Waals surface area (Å²) in [6, 6.07) is 0. The van der Waals surface area contributed by atoms with E-state index in [0.29, 0.717) is 5.92 Å². The van der Waals surface area contributed by atoms with Gasteiger partial charge in [-0.15, -0.1) is 0 Å². The number of hydrogen-bond acceptors (Lipinski definition) is 1. The van der Waals surface area contributed by atoms with Crippen molar-refractivity contribution in [2.24, 2.45) is 11.3 Å². The molecule has 0 aromatic carbocycles. The van der Waals surface area contributed by atoms with Gasteiger partial charge in [0.2, 0.25) is 0 Å². The minimum Gasteiger partial charge on any atom is -0.481 e. The van der Waals surface area contributed by atoms with Gasteiger partial charge >= 0.3 is 5.97 Å². The maximum atomic E-state index is 12.3. The quantitative estimate of drug-likeness (QED) is 0.166. The fourth-order valence-electron chi connectivity index (χ4n) is 5.25. The Bertz CT molecular complexity index is 379. The first-order valence-corrected chi connectivity index (χ1v) is 13.8. The van der Waals surface area contributed by atoms with Crippen LogP contribution >= 0.6 is 0 Å². The maximum absolute atomic E-state index is 12.3. The molecule has 180 valence electrons. The van der Waals surface area contributed by atoms with Crippen molar-refractivity contribution in [2.75, 3.05) is 0 Å². The lowest BCUT2D eigenvalue weighted by atomic mass is 9.67. The van der Waals surface area contributed by atoms with Crippen LogP contribution < -0.4 is 0 Å². The predicted molar refractivity (Wildman–Crippen MR) is 133 cm³/mol. The number of carboxylic acids is 1. The van der Waals surface area contributed by atoms with E-state index < -0.39 is 11.4 Å². The van der Waals surface area contributed by atoms with Crippen LogP contribution in [0.1, 0.15) is 163 Å². The Morgan fingerprint density at radius 1 is 0.633 bits per heavy atom. The summed E-state index contributed by atoms with van der Waals surface area (Å²) in [5.74, 6) is -0.197. The summed E-state index contributed by atoms with van der Waals surface area (Å²) in [7, 11) is 0. The van der Waals surface area contributed by atoms with Gasteiger partial charge in [0.15, 0.2) is 0 Å². The minimum atomic E-state index is -0.539. The van der Waals surface area contributed by atoms with E-state index in [1.165, 1.54) is 103 Å². The maximum Gasteiger partial charge on any atom is 0.309 e. The number of aliphatic carboxylic acids is 1. The summed E-state index contributed by atoms with van der Waals surface area (Å²) in [4.78, 5) is 12.3. The largest absolute Gasteiger partial charge is 0.481 e. The van der Waals surface area contributed by atoms with Crippen molar-refractivity contribution in [3.8, 4) is 0 Å². The Labute approximate surface area is 190 Å².